The summed E-state index contributed by atoms with van der Waals surface area (Å²) in [6.07, 6.45) is 0. The highest BCUT2D eigenvalue weighted by Crippen LogP contribution is 2.24. The van der Waals surface area contributed by atoms with Gasteiger partial charge in [0.15, 0.2) is 6.61 Å². The largest absolute Gasteiger partial charge is 0.497 e. The van der Waals surface area contributed by atoms with Crippen molar-refractivity contribution < 1.29 is 19.1 Å². The number of anilines is 1. The fraction of sp³-hybridized carbons (Fsp3) is 0.190. The lowest BCUT2D eigenvalue weighted by molar-refractivity contribution is -0.118. The Balaban J connectivity index is 1.73. The summed E-state index contributed by atoms with van der Waals surface area (Å²) in [5, 5.41) is 7.21. The fourth-order valence-corrected chi connectivity index (χ4v) is 2.75. The number of ether oxygens (including phenoxy) is 2. The van der Waals surface area contributed by atoms with E-state index in [-0.39, 0.29) is 17.9 Å². The Morgan fingerprint density at radius 2 is 1.83 bits per heavy atom. The number of nitrogens with zero attached hydrogens (tertiary/aromatic N) is 2. The van der Waals surface area contributed by atoms with Gasteiger partial charge in [-0.05, 0) is 44.2 Å². The maximum absolute atomic E-state index is 12.4. The molecule has 29 heavy (non-hydrogen) atoms. The average molecular weight is 394 g/mol. The minimum absolute atomic E-state index is 0.137. The van der Waals surface area contributed by atoms with Crippen LogP contribution in [-0.4, -0.2) is 35.3 Å². The summed E-state index contributed by atoms with van der Waals surface area (Å²) in [5.41, 5.74) is 8.22. The van der Waals surface area contributed by atoms with Gasteiger partial charge < -0.3 is 20.5 Å². The topological polar surface area (TPSA) is 108 Å². The number of aryl methyl sites for hydroxylation is 2. The van der Waals surface area contributed by atoms with Crippen LogP contribution < -0.4 is 20.5 Å². The Hall–Kier alpha value is -3.81. The van der Waals surface area contributed by atoms with Crippen molar-refractivity contribution in [1.82, 2.24) is 9.78 Å². The minimum atomic E-state index is -0.674. The van der Waals surface area contributed by atoms with Gasteiger partial charge in [0, 0.05) is 6.07 Å². The van der Waals surface area contributed by atoms with E-state index in [2.05, 4.69) is 10.4 Å². The first kappa shape index (κ1) is 19.9. The lowest BCUT2D eigenvalue weighted by Crippen LogP contribution is -2.23. The zero-order valence-corrected chi connectivity index (χ0v) is 16.4. The van der Waals surface area contributed by atoms with E-state index in [0.29, 0.717) is 11.6 Å². The lowest BCUT2D eigenvalue weighted by atomic mass is 10.2. The molecule has 0 saturated carbocycles. The summed E-state index contributed by atoms with van der Waals surface area (Å²) in [6, 6.07) is 14.2. The third-order valence-corrected chi connectivity index (χ3v) is 4.19. The van der Waals surface area contributed by atoms with E-state index >= 15 is 0 Å². The number of methoxy groups -OCH3 is 1. The molecule has 3 N–H and O–H groups in total. The smallest absolute Gasteiger partial charge is 0.263 e. The number of hydrogen-bond acceptors (Lipinski definition) is 5. The van der Waals surface area contributed by atoms with Crippen molar-refractivity contribution in [2.75, 3.05) is 19.0 Å². The Labute approximate surface area is 168 Å². The molecule has 1 heterocycles. The van der Waals surface area contributed by atoms with Gasteiger partial charge in [-0.15, -0.1) is 0 Å². The van der Waals surface area contributed by atoms with E-state index < -0.39 is 11.8 Å². The van der Waals surface area contributed by atoms with Crippen LogP contribution in [0.4, 0.5) is 5.82 Å². The predicted octanol–water partition coefficient (Wildman–Crippen LogP) is 2.61. The summed E-state index contributed by atoms with van der Waals surface area (Å²) < 4.78 is 12.2. The van der Waals surface area contributed by atoms with Crippen molar-refractivity contribution in [3.05, 3.63) is 65.4 Å². The predicted molar refractivity (Wildman–Crippen MR) is 109 cm³/mol. The van der Waals surface area contributed by atoms with Gasteiger partial charge in [0.2, 0.25) is 0 Å². The Kier molecular flexibility index (Phi) is 5.82. The molecular weight excluding hydrogens is 372 g/mol. The molecule has 3 aromatic rings. The number of benzene rings is 2. The van der Waals surface area contributed by atoms with Crippen LogP contribution in [0.15, 0.2) is 48.5 Å². The number of nitrogens with two attached hydrogens (primary N) is 1. The third-order valence-electron chi connectivity index (χ3n) is 4.19. The third kappa shape index (κ3) is 4.73. The molecule has 2 aromatic carbocycles. The second-order valence-corrected chi connectivity index (χ2v) is 6.48. The maximum Gasteiger partial charge on any atom is 0.263 e. The number of nitrogens with one attached hydrogen (secondary N) is 1. The Morgan fingerprint density at radius 3 is 2.48 bits per heavy atom. The van der Waals surface area contributed by atoms with E-state index in [4.69, 9.17) is 15.2 Å². The van der Waals surface area contributed by atoms with Gasteiger partial charge in [-0.25, -0.2) is 4.68 Å². The van der Waals surface area contributed by atoms with Crippen LogP contribution in [0.2, 0.25) is 0 Å². The summed E-state index contributed by atoms with van der Waals surface area (Å²) in [6.45, 7) is 3.54. The van der Waals surface area contributed by atoms with Crippen LogP contribution >= 0.6 is 0 Å². The number of carbonyl (C=O) groups excluding carboxylic acids is 2. The first-order chi connectivity index (χ1) is 13.9. The normalized spacial score (nSPS) is 10.4. The highest BCUT2D eigenvalue weighted by molar-refractivity contribution is 5.96. The summed E-state index contributed by atoms with van der Waals surface area (Å²) >= 11 is 0. The zero-order valence-electron chi connectivity index (χ0n) is 16.4. The van der Waals surface area contributed by atoms with Crippen LogP contribution in [0.5, 0.6) is 11.5 Å². The van der Waals surface area contributed by atoms with E-state index in [1.165, 1.54) is 19.2 Å². The average Bonchev–Trinajstić information content (AvgIpc) is 3.06. The van der Waals surface area contributed by atoms with Crippen LogP contribution in [0, 0.1) is 13.8 Å². The van der Waals surface area contributed by atoms with E-state index in [9.17, 15) is 9.59 Å². The van der Waals surface area contributed by atoms with Gasteiger partial charge in [-0.3, -0.25) is 9.59 Å². The molecule has 0 bridgehead atoms. The van der Waals surface area contributed by atoms with Crippen molar-refractivity contribution in [3.8, 4) is 17.2 Å². The SMILES string of the molecule is COc1ccc(OCC(=O)Nc2cc(C)nn2-c2ccc(C)cc2)c(C(N)=O)c1. The van der Waals surface area contributed by atoms with Crippen molar-refractivity contribution >= 4 is 17.6 Å². The molecule has 0 aliphatic heterocycles. The number of carbonyl (C=O) groups is 2. The van der Waals surface area contributed by atoms with Gasteiger partial charge in [0.05, 0.1) is 24.1 Å². The van der Waals surface area contributed by atoms with Gasteiger partial charge in [-0.2, -0.15) is 5.10 Å². The van der Waals surface area contributed by atoms with Gasteiger partial charge in [0.1, 0.15) is 17.3 Å². The maximum atomic E-state index is 12.4. The highest BCUT2D eigenvalue weighted by atomic mass is 16.5. The second-order valence-electron chi connectivity index (χ2n) is 6.48. The molecule has 0 spiro atoms. The van der Waals surface area contributed by atoms with Crippen molar-refractivity contribution in [1.29, 1.82) is 0 Å². The van der Waals surface area contributed by atoms with Crippen LogP contribution in [-0.2, 0) is 4.79 Å². The summed E-state index contributed by atoms with van der Waals surface area (Å²) in [7, 11) is 1.48. The standard InChI is InChI=1S/C21H22N4O4/c1-13-4-6-15(7-5-13)25-19(10-14(2)24-25)23-20(26)12-29-18-9-8-16(28-3)11-17(18)21(22)27/h4-11H,12H2,1-3H3,(H2,22,27)(H,23,26). The molecular formula is C21H22N4O4. The highest BCUT2D eigenvalue weighted by Gasteiger charge is 2.15. The number of amides is 2. The van der Waals surface area contributed by atoms with Crippen LogP contribution in [0.25, 0.3) is 5.69 Å². The molecule has 8 nitrogen and oxygen atoms in total. The molecule has 0 atom stereocenters. The minimum Gasteiger partial charge on any atom is -0.497 e. The molecule has 0 saturated heterocycles. The molecule has 0 radical (unpaired) electrons. The van der Waals surface area contributed by atoms with E-state index in [1.54, 1.807) is 16.8 Å². The molecule has 0 fully saturated rings. The van der Waals surface area contributed by atoms with Crippen molar-refractivity contribution in [2.45, 2.75) is 13.8 Å². The molecule has 150 valence electrons. The number of aromatic nitrogens is 2. The second kappa shape index (κ2) is 8.47. The molecule has 3 rings (SSSR count). The van der Waals surface area contributed by atoms with Gasteiger partial charge >= 0.3 is 0 Å². The Morgan fingerprint density at radius 1 is 1.10 bits per heavy atom. The van der Waals surface area contributed by atoms with E-state index in [0.717, 1.165) is 16.9 Å². The first-order valence-electron chi connectivity index (χ1n) is 8.91. The number of hydrogen-bond donors (Lipinski definition) is 2. The molecule has 0 aliphatic carbocycles. The zero-order chi connectivity index (χ0) is 21.0. The first-order valence-corrected chi connectivity index (χ1v) is 8.91. The Bertz CT molecular complexity index is 1040. The van der Waals surface area contributed by atoms with Gasteiger partial charge in [0.25, 0.3) is 11.8 Å². The fourth-order valence-electron chi connectivity index (χ4n) is 2.75. The van der Waals surface area contributed by atoms with Crippen molar-refractivity contribution in [2.24, 2.45) is 5.73 Å². The van der Waals surface area contributed by atoms with E-state index in [1.807, 2.05) is 38.1 Å². The molecule has 2 amide bonds. The molecule has 0 aliphatic rings. The molecule has 8 heteroatoms. The molecule has 0 unspecified atom stereocenters. The quantitative estimate of drug-likeness (QED) is 0.640. The summed E-state index contributed by atoms with van der Waals surface area (Å²) in [5.74, 6) is 0.117. The van der Waals surface area contributed by atoms with Crippen LogP contribution in [0.1, 0.15) is 21.6 Å². The van der Waals surface area contributed by atoms with Crippen LogP contribution in [0.3, 0.4) is 0 Å². The van der Waals surface area contributed by atoms with Gasteiger partial charge in [-0.1, -0.05) is 17.7 Å². The number of rotatable bonds is 7. The molecule has 1 aromatic heterocycles. The van der Waals surface area contributed by atoms with Crippen molar-refractivity contribution in [3.63, 3.8) is 0 Å². The lowest BCUT2D eigenvalue weighted by Gasteiger charge is -2.12. The number of primary amides is 1. The summed E-state index contributed by atoms with van der Waals surface area (Å²) in [4.78, 5) is 24.0. The monoisotopic (exact) mass is 394 g/mol.